The Labute approximate surface area is 142 Å². The quantitative estimate of drug-likeness (QED) is 0.362. The van der Waals surface area contributed by atoms with Crippen LogP contribution in [0.1, 0.15) is 52.9 Å². The van der Waals surface area contributed by atoms with Crippen LogP contribution in [-0.4, -0.2) is 47.9 Å². The van der Waals surface area contributed by atoms with Crippen molar-refractivity contribution in [2.45, 2.75) is 58.9 Å². The van der Waals surface area contributed by atoms with Crippen LogP contribution in [0, 0.1) is 6.92 Å². The van der Waals surface area contributed by atoms with Crippen molar-refractivity contribution in [2.75, 3.05) is 33.0 Å². The molecule has 7 heteroatoms. The van der Waals surface area contributed by atoms with Gasteiger partial charge in [-0.2, -0.15) is 0 Å². The van der Waals surface area contributed by atoms with E-state index in [0.29, 0.717) is 39.0 Å². The molecule has 1 radical (unpaired) electrons. The van der Waals surface area contributed by atoms with Crippen molar-refractivity contribution in [2.24, 2.45) is 0 Å². The molecule has 0 saturated heterocycles. The van der Waals surface area contributed by atoms with Crippen molar-refractivity contribution in [3.05, 3.63) is 6.92 Å². The molecule has 0 aliphatic heterocycles. The van der Waals surface area contributed by atoms with E-state index in [1.807, 2.05) is 20.8 Å². The van der Waals surface area contributed by atoms with Gasteiger partial charge < -0.3 is 23.3 Å². The van der Waals surface area contributed by atoms with Gasteiger partial charge >= 0.3 is 14.9 Å². The lowest BCUT2D eigenvalue weighted by Gasteiger charge is -2.28. The maximum atomic E-state index is 11.5. The lowest BCUT2D eigenvalue weighted by atomic mass is 10.2. The second-order valence-electron chi connectivity index (χ2n) is 5.06. The summed E-state index contributed by atoms with van der Waals surface area (Å²) in [5, 5.41) is 2.75. The molecular weight excluding hydrogens is 314 g/mol. The summed E-state index contributed by atoms with van der Waals surface area (Å²) in [5.41, 5.74) is 0. The molecule has 0 fully saturated rings. The molecule has 0 saturated carbocycles. The number of hydrogen-bond donors (Lipinski definition) is 1. The van der Waals surface area contributed by atoms with Crippen LogP contribution >= 0.6 is 0 Å². The summed E-state index contributed by atoms with van der Waals surface area (Å²) < 4.78 is 22.4. The zero-order valence-corrected chi connectivity index (χ0v) is 16.0. The summed E-state index contributed by atoms with van der Waals surface area (Å²) in [5.74, 6) is 0. The van der Waals surface area contributed by atoms with E-state index in [0.717, 1.165) is 32.1 Å². The van der Waals surface area contributed by atoms with Crippen LogP contribution in [-0.2, 0) is 18.0 Å². The Morgan fingerprint density at radius 1 is 0.957 bits per heavy atom. The minimum absolute atomic E-state index is 0.365. The van der Waals surface area contributed by atoms with Crippen LogP contribution in [0.2, 0.25) is 6.04 Å². The van der Waals surface area contributed by atoms with Crippen molar-refractivity contribution >= 4 is 14.9 Å². The van der Waals surface area contributed by atoms with Gasteiger partial charge in [0.15, 0.2) is 0 Å². The van der Waals surface area contributed by atoms with Gasteiger partial charge in [0.25, 0.3) is 0 Å². The van der Waals surface area contributed by atoms with Crippen LogP contribution in [0.15, 0.2) is 0 Å². The zero-order chi connectivity index (χ0) is 17.4. The molecule has 0 spiro atoms. The Hall–Kier alpha value is -0.633. The Morgan fingerprint density at radius 3 is 2.09 bits per heavy atom. The smallest absolute Gasteiger partial charge is 0.450 e. The lowest BCUT2D eigenvalue weighted by Crippen LogP contribution is -2.46. The van der Waals surface area contributed by atoms with Gasteiger partial charge in [0.2, 0.25) is 0 Å². The number of unbranched alkanes of at least 4 members (excludes halogenated alkanes) is 3. The minimum Gasteiger partial charge on any atom is -0.450 e. The first kappa shape index (κ1) is 22.4. The monoisotopic (exact) mass is 348 g/mol. The van der Waals surface area contributed by atoms with Crippen molar-refractivity contribution in [1.29, 1.82) is 0 Å². The maximum Gasteiger partial charge on any atom is 0.500 e. The molecule has 137 valence electrons. The van der Waals surface area contributed by atoms with E-state index in [1.165, 1.54) is 0 Å². The minimum atomic E-state index is -2.61. The summed E-state index contributed by atoms with van der Waals surface area (Å²) >= 11 is 0. The molecule has 0 aromatic rings. The molecular formula is C16H34NO5Si. The molecule has 0 unspecified atom stereocenters. The van der Waals surface area contributed by atoms with Crippen molar-refractivity contribution in [3.8, 4) is 0 Å². The standard InChI is InChI=1S/C16H34NO5Si/c1-5-9-10-11-14-19-16(18)17-13-12-15-23(20-6-2,21-7-3)22-8-4/h1,5-15H2,2-4H3,(H,17,18). The second-order valence-corrected chi connectivity index (χ2v) is 7.79. The highest BCUT2D eigenvalue weighted by Gasteiger charge is 2.39. The van der Waals surface area contributed by atoms with Crippen LogP contribution in [0.5, 0.6) is 0 Å². The predicted molar refractivity (Wildman–Crippen MR) is 93.2 cm³/mol. The molecule has 23 heavy (non-hydrogen) atoms. The van der Waals surface area contributed by atoms with Gasteiger partial charge in [0.05, 0.1) is 6.61 Å². The van der Waals surface area contributed by atoms with Crippen molar-refractivity contribution < 1.29 is 22.8 Å². The SMILES string of the molecule is [CH2]CCCCCOC(=O)NCCC[Si](OCC)(OCC)OCC. The summed E-state index contributed by atoms with van der Waals surface area (Å²) in [4.78, 5) is 11.5. The molecule has 0 atom stereocenters. The maximum absolute atomic E-state index is 11.5. The molecule has 0 aliphatic rings. The molecule has 0 heterocycles. The van der Waals surface area contributed by atoms with Gasteiger partial charge in [-0.05, 0) is 33.6 Å². The Balaban J connectivity index is 3.93. The van der Waals surface area contributed by atoms with E-state index in [1.54, 1.807) is 0 Å². The van der Waals surface area contributed by atoms with Crippen LogP contribution in [0.3, 0.4) is 0 Å². The molecule has 0 aromatic heterocycles. The number of amides is 1. The molecule has 0 aromatic carbocycles. The highest BCUT2D eigenvalue weighted by Crippen LogP contribution is 2.17. The topological polar surface area (TPSA) is 66.0 Å². The number of rotatable bonds is 15. The Kier molecular flexibility index (Phi) is 14.5. The first-order chi connectivity index (χ1) is 11.1. The van der Waals surface area contributed by atoms with E-state index in [9.17, 15) is 4.79 Å². The Morgan fingerprint density at radius 2 is 1.57 bits per heavy atom. The van der Waals surface area contributed by atoms with Crippen LogP contribution in [0.4, 0.5) is 4.79 Å². The number of hydrogen-bond acceptors (Lipinski definition) is 5. The highest BCUT2D eigenvalue weighted by molar-refractivity contribution is 6.60. The first-order valence-electron chi connectivity index (χ1n) is 8.75. The fourth-order valence-electron chi connectivity index (χ4n) is 2.17. The summed E-state index contributed by atoms with van der Waals surface area (Å²) in [6.07, 6.45) is 4.31. The van der Waals surface area contributed by atoms with E-state index in [2.05, 4.69) is 12.2 Å². The molecule has 1 N–H and O–H groups in total. The van der Waals surface area contributed by atoms with E-state index >= 15 is 0 Å². The number of nitrogens with one attached hydrogen (secondary N) is 1. The molecule has 0 bridgehead atoms. The largest absolute Gasteiger partial charge is 0.500 e. The lowest BCUT2D eigenvalue weighted by molar-refractivity contribution is 0.0706. The van der Waals surface area contributed by atoms with Gasteiger partial charge in [-0.1, -0.05) is 26.2 Å². The van der Waals surface area contributed by atoms with Gasteiger partial charge in [-0.15, -0.1) is 0 Å². The molecule has 6 nitrogen and oxygen atoms in total. The zero-order valence-electron chi connectivity index (χ0n) is 15.0. The first-order valence-corrected chi connectivity index (χ1v) is 10.7. The second kappa shape index (κ2) is 14.9. The van der Waals surface area contributed by atoms with Crippen molar-refractivity contribution in [1.82, 2.24) is 5.32 Å². The fourth-order valence-corrected chi connectivity index (χ4v) is 4.78. The van der Waals surface area contributed by atoms with Gasteiger partial charge in [0, 0.05) is 32.4 Å². The summed E-state index contributed by atoms with van der Waals surface area (Å²) in [6.45, 7) is 12.3. The van der Waals surface area contributed by atoms with E-state index in [4.69, 9.17) is 18.0 Å². The average Bonchev–Trinajstić information content (AvgIpc) is 2.52. The van der Waals surface area contributed by atoms with Gasteiger partial charge in [-0.25, -0.2) is 4.79 Å². The summed E-state index contributed by atoms with van der Waals surface area (Å²) in [7, 11) is -2.61. The molecule has 1 amide bonds. The fraction of sp³-hybridized carbons (Fsp3) is 0.875. The third-order valence-electron chi connectivity index (χ3n) is 3.15. The number of carbonyl (C=O) groups excluding carboxylic acids is 1. The van der Waals surface area contributed by atoms with Gasteiger partial charge in [-0.3, -0.25) is 0 Å². The van der Waals surface area contributed by atoms with Crippen molar-refractivity contribution in [3.63, 3.8) is 0 Å². The van der Waals surface area contributed by atoms with Crippen LogP contribution < -0.4 is 5.32 Å². The average molecular weight is 349 g/mol. The molecule has 0 aliphatic carbocycles. The number of carbonyl (C=O) groups is 1. The summed E-state index contributed by atoms with van der Waals surface area (Å²) in [6, 6.07) is 0.687. The highest BCUT2D eigenvalue weighted by atomic mass is 28.4. The van der Waals surface area contributed by atoms with Gasteiger partial charge in [0.1, 0.15) is 0 Å². The third kappa shape index (κ3) is 11.5. The molecule has 0 rings (SSSR count). The third-order valence-corrected chi connectivity index (χ3v) is 6.30. The van der Waals surface area contributed by atoms with E-state index in [-0.39, 0.29) is 6.09 Å². The van der Waals surface area contributed by atoms with E-state index < -0.39 is 8.80 Å². The normalized spacial score (nSPS) is 11.5. The number of alkyl carbamates (subject to hydrolysis) is 1. The predicted octanol–water partition coefficient (Wildman–Crippen LogP) is 3.55. The van der Waals surface area contributed by atoms with Crippen LogP contribution in [0.25, 0.3) is 0 Å². The Bertz CT molecular complexity index is 275. The number of ether oxygens (including phenoxy) is 1.